The molecule has 4 rings (SSSR count). The van der Waals surface area contributed by atoms with Crippen LogP contribution in [-0.4, -0.2) is 51.8 Å². The highest BCUT2D eigenvalue weighted by atomic mass is 35.5. The first-order valence-corrected chi connectivity index (χ1v) is 12.2. The average Bonchev–Trinajstić information content (AvgIpc) is 3.18. The van der Waals surface area contributed by atoms with Crippen molar-refractivity contribution < 1.29 is 14.4 Å². The van der Waals surface area contributed by atoms with Gasteiger partial charge in [-0.15, -0.1) is 0 Å². The minimum atomic E-state index is -0.683. The van der Waals surface area contributed by atoms with Crippen molar-refractivity contribution >= 4 is 29.4 Å². The number of hydrogen-bond donors (Lipinski definition) is 2. The monoisotopic (exact) mass is 495 g/mol. The zero-order valence-corrected chi connectivity index (χ0v) is 20.9. The molecule has 1 aromatic carbocycles. The summed E-state index contributed by atoms with van der Waals surface area (Å²) in [5.41, 5.74) is 2.48. The second-order valence-corrected chi connectivity index (χ2v) is 9.53. The van der Waals surface area contributed by atoms with E-state index in [9.17, 15) is 14.4 Å². The van der Waals surface area contributed by atoms with Gasteiger partial charge in [0.2, 0.25) is 5.91 Å². The third-order valence-corrected chi connectivity index (χ3v) is 6.67. The highest BCUT2D eigenvalue weighted by Gasteiger charge is 2.47. The van der Waals surface area contributed by atoms with Crippen molar-refractivity contribution in [2.24, 2.45) is 5.92 Å². The number of likely N-dealkylation sites (N-methyl/N-ethyl adjacent to an activating group) is 1. The Bertz CT molecular complexity index is 1150. The van der Waals surface area contributed by atoms with E-state index in [1.165, 1.54) is 0 Å². The maximum Gasteiger partial charge on any atom is 0.322 e. The molecule has 8 nitrogen and oxygen atoms in total. The first-order valence-electron chi connectivity index (χ1n) is 11.9. The molecular weight excluding hydrogens is 466 g/mol. The number of benzene rings is 1. The Kier molecular flexibility index (Phi) is 7.40. The van der Waals surface area contributed by atoms with Crippen LogP contribution >= 0.6 is 11.6 Å². The van der Waals surface area contributed by atoms with E-state index in [-0.39, 0.29) is 36.9 Å². The Morgan fingerprint density at radius 2 is 1.94 bits per heavy atom. The summed E-state index contributed by atoms with van der Waals surface area (Å²) in [4.78, 5) is 47.6. The molecule has 184 valence electrons. The standard InChI is InChI=1S/C26H30ClN5O3/c1-4-31-21-15-32(20(13-16(2)3)24(33)29-14-17-9-7-8-12-28-17)25(34)22(21)23(30-26(31)35)18-10-5-6-11-19(18)27/h5-12,16,20,23H,4,13-15H2,1-3H3,(H,29,33)(H,30,35)/t20-,23+/m0/s1. The molecular formula is C26H30ClN5O3. The van der Waals surface area contributed by atoms with Crippen LogP contribution in [0.15, 0.2) is 59.9 Å². The molecule has 0 aliphatic carbocycles. The van der Waals surface area contributed by atoms with Crippen molar-refractivity contribution in [3.05, 3.63) is 76.2 Å². The number of amides is 4. The van der Waals surface area contributed by atoms with E-state index in [2.05, 4.69) is 15.6 Å². The van der Waals surface area contributed by atoms with Crippen molar-refractivity contribution in [1.29, 1.82) is 0 Å². The molecule has 0 fully saturated rings. The summed E-state index contributed by atoms with van der Waals surface area (Å²) < 4.78 is 0. The minimum absolute atomic E-state index is 0.174. The Morgan fingerprint density at radius 3 is 2.60 bits per heavy atom. The molecule has 3 heterocycles. The van der Waals surface area contributed by atoms with Gasteiger partial charge in [-0.1, -0.05) is 49.7 Å². The molecule has 4 amide bonds. The number of halogens is 1. The summed E-state index contributed by atoms with van der Waals surface area (Å²) in [7, 11) is 0. The number of urea groups is 1. The van der Waals surface area contributed by atoms with Gasteiger partial charge in [-0.3, -0.25) is 19.5 Å². The average molecular weight is 496 g/mol. The fourth-order valence-corrected chi connectivity index (χ4v) is 4.91. The van der Waals surface area contributed by atoms with E-state index in [4.69, 9.17) is 11.6 Å². The van der Waals surface area contributed by atoms with E-state index >= 15 is 0 Å². The predicted molar refractivity (Wildman–Crippen MR) is 133 cm³/mol. The van der Waals surface area contributed by atoms with Gasteiger partial charge in [0.25, 0.3) is 5.91 Å². The van der Waals surface area contributed by atoms with Crippen LogP contribution in [0.3, 0.4) is 0 Å². The fraction of sp³-hybridized carbons (Fsp3) is 0.385. The number of nitrogens with one attached hydrogen (secondary N) is 2. The van der Waals surface area contributed by atoms with Crippen molar-refractivity contribution in [3.8, 4) is 0 Å². The third-order valence-electron chi connectivity index (χ3n) is 6.33. The minimum Gasteiger partial charge on any atom is -0.349 e. The molecule has 2 aromatic rings. The zero-order chi connectivity index (χ0) is 25.1. The lowest BCUT2D eigenvalue weighted by molar-refractivity contribution is -0.137. The van der Waals surface area contributed by atoms with Crippen LogP contribution in [-0.2, 0) is 16.1 Å². The Labute approximate surface area is 210 Å². The number of carbonyl (C=O) groups excluding carboxylic acids is 3. The van der Waals surface area contributed by atoms with E-state index in [1.807, 2.05) is 45.0 Å². The number of hydrogen-bond acceptors (Lipinski definition) is 4. The predicted octanol–water partition coefficient (Wildman–Crippen LogP) is 3.65. The SMILES string of the molecule is CCN1C(=O)N[C@H](c2ccccc2Cl)C2=C1CN([C@@H](CC(C)C)C(=O)NCc1ccccn1)C2=O. The second-order valence-electron chi connectivity index (χ2n) is 9.13. The molecule has 0 radical (unpaired) electrons. The Balaban J connectivity index is 1.65. The van der Waals surface area contributed by atoms with Crippen LogP contribution in [0.1, 0.15) is 44.5 Å². The van der Waals surface area contributed by atoms with Crippen LogP contribution in [0.25, 0.3) is 0 Å². The number of carbonyl (C=O) groups is 3. The van der Waals surface area contributed by atoms with E-state index < -0.39 is 12.1 Å². The van der Waals surface area contributed by atoms with Crippen molar-refractivity contribution in [2.75, 3.05) is 13.1 Å². The van der Waals surface area contributed by atoms with Gasteiger partial charge in [0.15, 0.2) is 0 Å². The normalized spacial score (nSPS) is 18.6. The van der Waals surface area contributed by atoms with Crippen molar-refractivity contribution in [1.82, 2.24) is 25.4 Å². The second kappa shape index (κ2) is 10.5. The van der Waals surface area contributed by atoms with Gasteiger partial charge in [-0.2, -0.15) is 0 Å². The smallest absolute Gasteiger partial charge is 0.322 e. The van der Waals surface area contributed by atoms with Gasteiger partial charge in [0.1, 0.15) is 6.04 Å². The largest absolute Gasteiger partial charge is 0.349 e. The lowest BCUT2D eigenvalue weighted by Gasteiger charge is -2.33. The topological polar surface area (TPSA) is 94.6 Å². The van der Waals surface area contributed by atoms with Gasteiger partial charge in [0.05, 0.1) is 36.1 Å². The number of pyridine rings is 1. The highest BCUT2D eigenvalue weighted by molar-refractivity contribution is 6.31. The quantitative estimate of drug-likeness (QED) is 0.584. The van der Waals surface area contributed by atoms with E-state index in [0.29, 0.717) is 34.8 Å². The Morgan fingerprint density at radius 1 is 1.20 bits per heavy atom. The first kappa shape index (κ1) is 24.7. The molecule has 0 saturated heterocycles. The van der Waals surface area contributed by atoms with Crippen LogP contribution in [0, 0.1) is 5.92 Å². The maximum absolute atomic E-state index is 13.9. The molecule has 0 saturated carbocycles. The summed E-state index contributed by atoms with van der Waals surface area (Å²) in [6.07, 6.45) is 2.16. The van der Waals surface area contributed by atoms with Crippen LogP contribution in [0.5, 0.6) is 0 Å². The molecule has 2 aliphatic heterocycles. The summed E-state index contributed by atoms with van der Waals surface area (Å²) in [5.74, 6) is -0.330. The molecule has 2 atom stereocenters. The van der Waals surface area contributed by atoms with Gasteiger partial charge in [-0.25, -0.2) is 4.79 Å². The molecule has 2 aliphatic rings. The van der Waals surface area contributed by atoms with E-state index in [0.717, 1.165) is 5.69 Å². The lowest BCUT2D eigenvalue weighted by Crippen LogP contribution is -2.49. The van der Waals surface area contributed by atoms with Gasteiger partial charge in [0, 0.05) is 17.8 Å². The van der Waals surface area contributed by atoms with Gasteiger partial charge in [-0.05, 0) is 43.0 Å². The summed E-state index contributed by atoms with van der Waals surface area (Å²) in [6.45, 7) is 6.75. The maximum atomic E-state index is 13.9. The molecule has 2 N–H and O–H groups in total. The van der Waals surface area contributed by atoms with Crippen molar-refractivity contribution in [3.63, 3.8) is 0 Å². The summed E-state index contributed by atoms with van der Waals surface area (Å²) in [6, 6.07) is 11.0. The zero-order valence-electron chi connectivity index (χ0n) is 20.1. The first-order chi connectivity index (χ1) is 16.8. The molecule has 1 aromatic heterocycles. The summed E-state index contributed by atoms with van der Waals surface area (Å²) >= 11 is 6.45. The molecule has 35 heavy (non-hydrogen) atoms. The molecule has 9 heteroatoms. The highest BCUT2D eigenvalue weighted by Crippen LogP contribution is 2.39. The van der Waals surface area contributed by atoms with Crippen molar-refractivity contribution in [2.45, 2.75) is 45.8 Å². The molecule has 0 unspecified atom stereocenters. The van der Waals surface area contributed by atoms with E-state index in [1.54, 1.807) is 34.2 Å². The van der Waals surface area contributed by atoms with Crippen LogP contribution in [0.4, 0.5) is 4.79 Å². The van der Waals surface area contributed by atoms with Gasteiger partial charge < -0.3 is 15.5 Å². The summed E-state index contributed by atoms with van der Waals surface area (Å²) in [5, 5.41) is 6.34. The fourth-order valence-electron chi connectivity index (χ4n) is 4.66. The number of aromatic nitrogens is 1. The van der Waals surface area contributed by atoms with Crippen LogP contribution < -0.4 is 10.6 Å². The number of rotatable bonds is 8. The number of nitrogens with zero attached hydrogens (tertiary/aromatic N) is 3. The molecule has 0 bridgehead atoms. The van der Waals surface area contributed by atoms with Gasteiger partial charge >= 0.3 is 6.03 Å². The van der Waals surface area contributed by atoms with Crippen LogP contribution in [0.2, 0.25) is 5.02 Å². The molecule has 0 spiro atoms. The lowest BCUT2D eigenvalue weighted by atomic mass is 9.95. The Hall–Kier alpha value is -3.39. The third kappa shape index (κ3) is 5.03.